The third-order valence-corrected chi connectivity index (χ3v) is 2.73. The summed E-state index contributed by atoms with van der Waals surface area (Å²) in [6.07, 6.45) is 0. The summed E-state index contributed by atoms with van der Waals surface area (Å²) < 4.78 is 0. The van der Waals surface area contributed by atoms with E-state index in [0.717, 1.165) is 18.8 Å². The average molecular weight is 232 g/mol. The van der Waals surface area contributed by atoms with Crippen molar-refractivity contribution < 1.29 is 0 Å². The molecule has 5 heteroatoms. The van der Waals surface area contributed by atoms with Crippen LogP contribution in [0.1, 0.15) is 13.8 Å². The lowest BCUT2D eigenvalue weighted by Gasteiger charge is -2.47. The van der Waals surface area contributed by atoms with Gasteiger partial charge in [-0.3, -0.25) is 0 Å². The molecule has 2 heterocycles. The molecule has 0 bridgehead atoms. The van der Waals surface area contributed by atoms with Gasteiger partial charge in [0.05, 0.1) is 5.69 Å². The predicted octanol–water partition coefficient (Wildman–Crippen LogP) is 2.63. The molecular weight excluding hydrogens is 221 g/mol. The molecule has 0 unspecified atom stereocenters. The highest BCUT2D eigenvalue weighted by molar-refractivity contribution is 6.33. The molecule has 1 aliphatic heterocycles. The first-order valence-corrected chi connectivity index (χ1v) is 5.17. The van der Waals surface area contributed by atoms with Gasteiger partial charge in [0.1, 0.15) is 0 Å². The van der Waals surface area contributed by atoms with Gasteiger partial charge in [0.25, 0.3) is 0 Å². The van der Waals surface area contributed by atoms with E-state index in [0.29, 0.717) is 15.7 Å². The minimum absolute atomic E-state index is 0.360. The normalized spacial score (nSPS) is 19.3. The molecule has 1 saturated heterocycles. The van der Waals surface area contributed by atoms with Crippen LogP contribution in [-0.4, -0.2) is 23.3 Å². The fourth-order valence-electron chi connectivity index (χ4n) is 1.72. The summed E-state index contributed by atoms with van der Waals surface area (Å²) in [5.41, 5.74) is 1.24. The first-order chi connectivity index (χ1) is 6.48. The molecule has 14 heavy (non-hydrogen) atoms. The molecule has 76 valence electrons. The fraction of sp³-hybridized carbons (Fsp3) is 0.556. The average Bonchev–Trinajstić information content (AvgIpc) is 2.05. The van der Waals surface area contributed by atoms with Crippen LogP contribution in [0, 0.1) is 5.41 Å². The molecule has 0 N–H and O–H groups in total. The Kier molecular flexibility index (Phi) is 2.32. The van der Waals surface area contributed by atoms with E-state index in [4.69, 9.17) is 23.2 Å². The molecule has 0 spiro atoms. The van der Waals surface area contributed by atoms with Gasteiger partial charge in [0, 0.05) is 19.2 Å². The van der Waals surface area contributed by atoms with Crippen LogP contribution in [0.4, 0.5) is 5.69 Å². The second-order valence-corrected chi connectivity index (χ2v) is 5.11. The third-order valence-electron chi connectivity index (χ3n) is 2.28. The monoisotopic (exact) mass is 231 g/mol. The summed E-state index contributed by atoms with van der Waals surface area (Å²) in [4.78, 5) is 2.16. The Hall–Kier alpha value is -0.540. The van der Waals surface area contributed by atoms with Crippen molar-refractivity contribution in [2.45, 2.75) is 13.8 Å². The molecule has 3 nitrogen and oxygen atoms in total. The molecule has 0 aromatic carbocycles. The van der Waals surface area contributed by atoms with Crippen LogP contribution in [0.15, 0.2) is 6.07 Å². The molecule has 1 aromatic heterocycles. The van der Waals surface area contributed by atoms with Crippen LogP contribution < -0.4 is 4.90 Å². The van der Waals surface area contributed by atoms with Crippen molar-refractivity contribution in [3.63, 3.8) is 0 Å². The lowest BCUT2D eigenvalue weighted by Crippen LogP contribution is -2.53. The quantitative estimate of drug-likeness (QED) is 0.745. The van der Waals surface area contributed by atoms with Gasteiger partial charge >= 0.3 is 0 Å². The maximum atomic E-state index is 5.92. The molecule has 0 atom stereocenters. The molecule has 0 aliphatic carbocycles. The molecule has 2 rings (SSSR count). The van der Waals surface area contributed by atoms with Gasteiger partial charge in [-0.2, -0.15) is 0 Å². The molecule has 0 radical (unpaired) electrons. The van der Waals surface area contributed by atoms with Gasteiger partial charge in [-0.15, -0.1) is 10.2 Å². The van der Waals surface area contributed by atoms with Crippen molar-refractivity contribution in [2.75, 3.05) is 18.0 Å². The number of anilines is 1. The van der Waals surface area contributed by atoms with Crippen molar-refractivity contribution in [3.8, 4) is 0 Å². The highest BCUT2D eigenvalue weighted by Gasteiger charge is 2.35. The molecular formula is C9H11Cl2N3. The number of aromatic nitrogens is 2. The Morgan fingerprint density at radius 1 is 1.29 bits per heavy atom. The van der Waals surface area contributed by atoms with Gasteiger partial charge in [-0.05, 0) is 5.41 Å². The topological polar surface area (TPSA) is 29.0 Å². The number of rotatable bonds is 1. The van der Waals surface area contributed by atoms with Gasteiger partial charge in [0.2, 0.25) is 0 Å². The van der Waals surface area contributed by atoms with E-state index in [1.807, 2.05) is 0 Å². The van der Waals surface area contributed by atoms with Crippen molar-refractivity contribution in [3.05, 3.63) is 16.4 Å². The Bertz CT molecular complexity index is 357. The van der Waals surface area contributed by atoms with Crippen molar-refractivity contribution in [2.24, 2.45) is 5.41 Å². The number of halogens is 2. The Balaban J connectivity index is 2.22. The Morgan fingerprint density at radius 3 is 2.50 bits per heavy atom. The summed E-state index contributed by atoms with van der Waals surface area (Å²) in [6, 6.07) is 1.76. The number of hydrogen-bond donors (Lipinski definition) is 0. The summed E-state index contributed by atoms with van der Waals surface area (Å²) in [5, 5.41) is 8.25. The lowest BCUT2D eigenvalue weighted by atomic mass is 9.84. The first-order valence-electron chi connectivity index (χ1n) is 4.42. The lowest BCUT2D eigenvalue weighted by molar-refractivity contribution is 0.276. The van der Waals surface area contributed by atoms with Gasteiger partial charge < -0.3 is 4.90 Å². The highest BCUT2D eigenvalue weighted by atomic mass is 35.5. The number of hydrogen-bond acceptors (Lipinski definition) is 3. The Morgan fingerprint density at radius 2 is 1.93 bits per heavy atom. The molecule has 1 aliphatic rings. The fourth-order valence-corrected chi connectivity index (χ4v) is 2.08. The first kappa shape index (κ1) is 9.99. The van der Waals surface area contributed by atoms with Gasteiger partial charge in [-0.1, -0.05) is 37.0 Å². The van der Waals surface area contributed by atoms with E-state index < -0.39 is 0 Å². The minimum Gasteiger partial charge on any atom is -0.368 e. The van der Waals surface area contributed by atoms with Gasteiger partial charge in [0.15, 0.2) is 10.3 Å². The zero-order chi connectivity index (χ0) is 10.3. The third kappa shape index (κ3) is 1.79. The maximum absolute atomic E-state index is 5.92. The molecule has 0 saturated carbocycles. The minimum atomic E-state index is 0.360. The molecule has 0 amide bonds. The van der Waals surface area contributed by atoms with Crippen LogP contribution >= 0.6 is 23.2 Å². The van der Waals surface area contributed by atoms with Crippen molar-refractivity contribution >= 4 is 28.9 Å². The number of nitrogens with zero attached hydrogens (tertiary/aromatic N) is 3. The van der Waals surface area contributed by atoms with Crippen LogP contribution in [0.25, 0.3) is 0 Å². The SMILES string of the molecule is CC1(C)CN(c2cc(Cl)nnc2Cl)C1. The van der Waals surface area contributed by atoms with E-state index in [1.54, 1.807) is 6.07 Å². The zero-order valence-electron chi connectivity index (χ0n) is 8.09. The van der Waals surface area contributed by atoms with Crippen LogP contribution in [0.5, 0.6) is 0 Å². The highest BCUT2D eigenvalue weighted by Crippen LogP contribution is 2.36. The second-order valence-electron chi connectivity index (χ2n) is 4.36. The van der Waals surface area contributed by atoms with Crippen LogP contribution in [0.2, 0.25) is 10.3 Å². The van der Waals surface area contributed by atoms with E-state index in [-0.39, 0.29) is 0 Å². The van der Waals surface area contributed by atoms with E-state index in [1.165, 1.54) is 0 Å². The maximum Gasteiger partial charge on any atom is 0.175 e. The standard InChI is InChI=1S/C9H11Cl2N3/c1-9(2)4-14(5-9)6-3-7(10)12-13-8(6)11/h3H,4-5H2,1-2H3. The smallest absolute Gasteiger partial charge is 0.175 e. The van der Waals surface area contributed by atoms with E-state index in [2.05, 4.69) is 28.9 Å². The van der Waals surface area contributed by atoms with Crippen molar-refractivity contribution in [1.82, 2.24) is 10.2 Å². The largest absolute Gasteiger partial charge is 0.368 e. The van der Waals surface area contributed by atoms with Crippen LogP contribution in [-0.2, 0) is 0 Å². The summed E-state index contributed by atoms with van der Waals surface area (Å²) in [7, 11) is 0. The van der Waals surface area contributed by atoms with Gasteiger partial charge in [-0.25, -0.2) is 0 Å². The second kappa shape index (κ2) is 3.24. The molecule has 1 fully saturated rings. The summed E-state index contributed by atoms with van der Waals surface area (Å²) >= 11 is 11.7. The summed E-state index contributed by atoms with van der Waals surface area (Å²) in [5.74, 6) is 0. The van der Waals surface area contributed by atoms with Crippen molar-refractivity contribution in [1.29, 1.82) is 0 Å². The predicted molar refractivity (Wildman–Crippen MR) is 58.0 cm³/mol. The van der Waals surface area contributed by atoms with Crippen LogP contribution in [0.3, 0.4) is 0 Å². The Labute approximate surface area is 93.0 Å². The summed E-state index contributed by atoms with van der Waals surface area (Å²) in [6.45, 7) is 6.39. The molecule has 1 aromatic rings. The van der Waals surface area contributed by atoms with E-state index >= 15 is 0 Å². The zero-order valence-corrected chi connectivity index (χ0v) is 9.60. The van der Waals surface area contributed by atoms with E-state index in [9.17, 15) is 0 Å².